The summed E-state index contributed by atoms with van der Waals surface area (Å²) in [4.78, 5) is 16.5. The number of pyridine rings is 1. The molecule has 4 nitrogen and oxygen atoms in total. The molecule has 1 unspecified atom stereocenters. The smallest absolute Gasteiger partial charge is 0.270 e. The molecule has 7 heteroatoms. The molecule has 1 aliphatic rings. The second-order valence-electron chi connectivity index (χ2n) is 4.70. The lowest BCUT2D eigenvalue weighted by Crippen LogP contribution is -2.36. The Hall–Kier alpha value is -1.07. The van der Waals surface area contributed by atoms with E-state index in [4.69, 9.17) is 11.6 Å². The van der Waals surface area contributed by atoms with Gasteiger partial charge in [-0.15, -0.1) is 24.8 Å². The lowest BCUT2D eigenvalue weighted by molar-refractivity contribution is 0.0935. The quantitative estimate of drug-likeness (QED) is 0.877. The van der Waals surface area contributed by atoms with Gasteiger partial charge in [0, 0.05) is 23.0 Å². The average Bonchev–Trinajstić information content (AvgIpc) is 2.90. The Balaban J connectivity index is 0.00000110. The second-order valence-corrected chi connectivity index (χ2v) is 5.13. The van der Waals surface area contributed by atoms with Crippen molar-refractivity contribution in [1.29, 1.82) is 0 Å². The zero-order valence-corrected chi connectivity index (χ0v) is 13.5. The average molecular weight is 349 g/mol. The number of rotatable bonds is 2. The van der Waals surface area contributed by atoms with Gasteiger partial charge in [0.05, 0.1) is 5.52 Å². The number of halogens is 3. The van der Waals surface area contributed by atoms with Crippen molar-refractivity contribution in [2.45, 2.75) is 12.5 Å². The van der Waals surface area contributed by atoms with Crippen molar-refractivity contribution in [2.75, 3.05) is 13.1 Å². The number of carbonyl (C=O) groups excluding carboxylic acids is 1. The minimum Gasteiger partial charge on any atom is -0.347 e. The molecule has 1 aromatic heterocycles. The molecule has 1 amide bonds. The van der Waals surface area contributed by atoms with Crippen LogP contribution in [0, 0.1) is 0 Å². The number of amides is 1. The fourth-order valence-corrected chi connectivity index (χ4v) is 2.42. The van der Waals surface area contributed by atoms with Crippen LogP contribution >= 0.6 is 36.4 Å². The van der Waals surface area contributed by atoms with E-state index in [1.165, 1.54) is 0 Å². The number of nitrogens with zero attached hydrogens (tertiary/aromatic N) is 1. The van der Waals surface area contributed by atoms with E-state index in [1.54, 1.807) is 12.1 Å². The van der Waals surface area contributed by atoms with Gasteiger partial charge in [0.1, 0.15) is 5.69 Å². The first kappa shape index (κ1) is 18.0. The van der Waals surface area contributed by atoms with Crippen LogP contribution in [0.15, 0.2) is 30.3 Å². The van der Waals surface area contributed by atoms with Crippen molar-refractivity contribution in [2.24, 2.45) is 0 Å². The Morgan fingerprint density at radius 2 is 2.05 bits per heavy atom. The molecule has 2 N–H and O–H groups in total. The van der Waals surface area contributed by atoms with E-state index in [-0.39, 0.29) is 36.8 Å². The van der Waals surface area contributed by atoms with Gasteiger partial charge in [-0.3, -0.25) is 4.79 Å². The Kier molecular flexibility index (Phi) is 6.68. The highest BCUT2D eigenvalue weighted by molar-refractivity contribution is 6.31. The van der Waals surface area contributed by atoms with Gasteiger partial charge in [-0.05, 0) is 31.2 Å². The third-order valence-corrected chi connectivity index (χ3v) is 3.52. The molecule has 2 aromatic rings. The van der Waals surface area contributed by atoms with E-state index in [1.807, 2.05) is 18.2 Å². The molecule has 0 radical (unpaired) electrons. The lowest BCUT2D eigenvalue weighted by atomic mass is 10.2. The highest BCUT2D eigenvalue weighted by atomic mass is 35.5. The van der Waals surface area contributed by atoms with Crippen LogP contribution in [0.2, 0.25) is 5.02 Å². The first-order valence-electron chi connectivity index (χ1n) is 6.30. The number of hydrogen-bond donors (Lipinski definition) is 2. The number of carbonyl (C=O) groups is 1. The van der Waals surface area contributed by atoms with E-state index in [0.29, 0.717) is 10.7 Å². The topological polar surface area (TPSA) is 54.0 Å². The minimum absolute atomic E-state index is 0. The van der Waals surface area contributed by atoms with Gasteiger partial charge in [0.2, 0.25) is 0 Å². The van der Waals surface area contributed by atoms with Crippen molar-refractivity contribution in [3.8, 4) is 0 Å². The van der Waals surface area contributed by atoms with E-state index in [2.05, 4.69) is 15.6 Å². The molecular formula is C14H16Cl3N3O. The first-order valence-corrected chi connectivity index (χ1v) is 6.68. The number of nitrogens with one attached hydrogen (secondary N) is 2. The van der Waals surface area contributed by atoms with E-state index >= 15 is 0 Å². The molecule has 3 rings (SSSR count). The Morgan fingerprint density at radius 1 is 1.29 bits per heavy atom. The molecule has 2 heterocycles. The summed E-state index contributed by atoms with van der Waals surface area (Å²) in [6.07, 6.45) is 0.963. The fraction of sp³-hybridized carbons (Fsp3) is 0.286. The predicted molar refractivity (Wildman–Crippen MR) is 90.0 cm³/mol. The second kappa shape index (κ2) is 7.80. The standard InChI is InChI=1S/C14H14ClN3O.2ClH/c15-10-3-1-9-2-4-12(18-13(9)7-10)14(19)17-11-5-6-16-8-11;;/h1-4,7,11,16H,5-6,8H2,(H,17,19);2*1H. The van der Waals surface area contributed by atoms with Gasteiger partial charge in [-0.25, -0.2) is 4.98 Å². The number of benzene rings is 1. The molecule has 1 saturated heterocycles. The Bertz CT molecular complexity index is 630. The maximum absolute atomic E-state index is 12.1. The van der Waals surface area contributed by atoms with Gasteiger partial charge in [0.15, 0.2) is 0 Å². The molecule has 114 valence electrons. The summed E-state index contributed by atoms with van der Waals surface area (Å²) in [5.74, 6) is -0.129. The molecule has 1 atom stereocenters. The normalized spacial score (nSPS) is 16.9. The number of fused-ring (bicyclic) bond motifs is 1. The molecule has 1 aromatic carbocycles. The van der Waals surface area contributed by atoms with Crippen LogP contribution in [0.3, 0.4) is 0 Å². The van der Waals surface area contributed by atoms with E-state index in [0.717, 1.165) is 30.4 Å². The third-order valence-electron chi connectivity index (χ3n) is 3.28. The monoisotopic (exact) mass is 347 g/mol. The van der Waals surface area contributed by atoms with Crippen LogP contribution < -0.4 is 10.6 Å². The molecule has 1 fully saturated rings. The number of aromatic nitrogens is 1. The van der Waals surface area contributed by atoms with Gasteiger partial charge in [-0.1, -0.05) is 23.7 Å². The lowest BCUT2D eigenvalue weighted by Gasteiger charge is -2.11. The van der Waals surface area contributed by atoms with Crippen LogP contribution in [0.25, 0.3) is 10.9 Å². The SMILES string of the molecule is Cl.Cl.O=C(NC1CCNC1)c1ccc2ccc(Cl)cc2n1. The molecule has 0 aliphatic carbocycles. The van der Waals surface area contributed by atoms with Crippen LogP contribution in [-0.2, 0) is 0 Å². The van der Waals surface area contributed by atoms with Crippen LogP contribution in [0.5, 0.6) is 0 Å². The molecule has 1 aliphatic heterocycles. The van der Waals surface area contributed by atoms with Crippen molar-refractivity contribution in [3.05, 3.63) is 41.0 Å². The van der Waals surface area contributed by atoms with Gasteiger partial charge < -0.3 is 10.6 Å². The molecule has 0 saturated carbocycles. The first-order chi connectivity index (χ1) is 9.22. The summed E-state index contributed by atoms with van der Waals surface area (Å²) >= 11 is 5.94. The minimum atomic E-state index is -0.129. The highest BCUT2D eigenvalue weighted by Crippen LogP contribution is 2.18. The molecule has 0 bridgehead atoms. The maximum Gasteiger partial charge on any atom is 0.270 e. The Labute approximate surface area is 140 Å². The Morgan fingerprint density at radius 3 is 2.76 bits per heavy atom. The zero-order chi connectivity index (χ0) is 13.2. The van der Waals surface area contributed by atoms with Gasteiger partial charge in [-0.2, -0.15) is 0 Å². The maximum atomic E-state index is 12.1. The predicted octanol–water partition coefficient (Wildman–Crippen LogP) is 2.82. The summed E-state index contributed by atoms with van der Waals surface area (Å²) in [6, 6.07) is 9.31. The zero-order valence-electron chi connectivity index (χ0n) is 11.1. The highest BCUT2D eigenvalue weighted by Gasteiger charge is 2.18. The van der Waals surface area contributed by atoms with E-state index in [9.17, 15) is 4.79 Å². The summed E-state index contributed by atoms with van der Waals surface area (Å²) in [5.41, 5.74) is 1.17. The van der Waals surface area contributed by atoms with Gasteiger partial charge >= 0.3 is 0 Å². The number of hydrogen-bond acceptors (Lipinski definition) is 3. The van der Waals surface area contributed by atoms with E-state index < -0.39 is 0 Å². The van der Waals surface area contributed by atoms with Crippen molar-refractivity contribution in [1.82, 2.24) is 15.6 Å². The fourth-order valence-electron chi connectivity index (χ4n) is 2.25. The molecular weight excluding hydrogens is 333 g/mol. The summed E-state index contributed by atoms with van der Waals surface area (Å²) in [5, 5.41) is 7.79. The molecule has 0 spiro atoms. The van der Waals surface area contributed by atoms with Crippen molar-refractivity contribution in [3.63, 3.8) is 0 Å². The summed E-state index contributed by atoms with van der Waals surface area (Å²) in [7, 11) is 0. The summed E-state index contributed by atoms with van der Waals surface area (Å²) in [6.45, 7) is 1.77. The van der Waals surface area contributed by atoms with Crippen LogP contribution in [0.1, 0.15) is 16.9 Å². The molecule has 21 heavy (non-hydrogen) atoms. The van der Waals surface area contributed by atoms with Crippen LogP contribution in [0.4, 0.5) is 0 Å². The van der Waals surface area contributed by atoms with Crippen molar-refractivity contribution >= 4 is 53.2 Å². The summed E-state index contributed by atoms with van der Waals surface area (Å²) < 4.78 is 0. The van der Waals surface area contributed by atoms with Gasteiger partial charge in [0.25, 0.3) is 5.91 Å². The van der Waals surface area contributed by atoms with Crippen molar-refractivity contribution < 1.29 is 4.79 Å². The third kappa shape index (κ3) is 4.20. The van der Waals surface area contributed by atoms with Crippen LogP contribution in [-0.4, -0.2) is 30.0 Å². The largest absolute Gasteiger partial charge is 0.347 e.